The summed E-state index contributed by atoms with van der Waals surface area (Å²) in [6, 6.07) is 0. The largest absolute Gasteiger partial charge is 0.400 e. The minimum absolute atomic E-state index is 1.00. The summed E-state index contributed by atoms with van der Waals surface area (Å²) >= 11 is 0. The number of halogens is 10. The average Bonchev–Trinajstić information content (AvgIpc) is 2.16. The van der Waals surface area contributed by atoms with Gasteiger partial charge < -0.3 is 5.11 Å². The van der Waals surface area contributed by atoms with Crippen molar-refractivity contribution in [1.29, 1.82) is 0 Å². The molecule has 0 bridgehead atoms. The standard InChI is InChI=1S/C6H2F10.CH4O/c7-2(8)1-3(9,10)5(13,14)6(15,16)4(2,11)12;1-2/h1H2;2H,1H3. The van der Waals surface area contributed by atoms with Gasteiger partial charge in [-0.3, -0.25) is 0 Å². The van der Waals surface area contributed by atoms with Gasteiger partial charge in [0.1, 0.15) is 0 Å². The van der Waals surface area contributed by atoms with Crippen LogP contribution >= 0.6 is 0 Å². The van der Waals surface area contributed by atoms with Gasteiger partial charge in [-0.25, -0.2) is 0 Å². The molecule has 0 radical (unpaired) electrons. The molecular weight excluding hydrogens is 290 g/mol. The molecule has 0 aliphatic heterocycles. The lowest BCUT2D eigenvalue weighted by Gasteiger charge is -2.45. The quantitative estimate of drug-likeness (QED) is 0.681. The smallest absolute Gasteiger partial charge is 0.384 e. The van der Waals surface area contributed by atoms with Crippen LogP contribution in [0.1, 0.15) is 6.42 Å². The second kappa shape index (κ2) is 4.14. The molecule has 0 spiro atoms. The summed E-state index contributed by atoms with van der Waals surface area (Å²) in [7, 11) is 1.00. The second-order valence-corrected chi connectivity index (χ2v) is 3.31. The van der Waals surface area contributed by atoms with E-state index >= 15 is 0 Å². The Kier molecular flexibility index (Phi) is 3.97. The van der Waals surface area contributed by atoms with Crippen LogP contribution in [0.5, 0.6) is 0 Å². The first kappa shape index (κ1) is 17.3. The van der Waals surface area contributed by atoms with Crippen LogP contribution in [0.2, 0.25) is 0 Å². The van der Waals surface area contributed by atoms with Crippen molar-refractivity contribution >= 4 is 0 Å². The molecule has 1 N–H and O–H groups in total. The van der Waals surface area contributed by atoms with Crippen LogP contribution in [0, 0.1) is 0 Å². The van der Waals surface area contributed by atoms with Crippen LogP contribution in [0.4, 0.5) is 43.9 Å². The third-order valence-electron chi connectivity index (χ3n) is 2.15. The van der Waals surface area contributed by atoms with Gasteiger partial charge in [0.2, 0.25) is 0 Å². The first-order chi connectivity index (χ1) is 7.71. The minimum atomic E-state index is -6.83. The summed E-state index contributed by atoms with van der Waals surface area (Å²) < 4.78 is 123. The predicted molar refractivity (Wildman–Crippen MR) is 37.5 cm³/mol. The summed E-state index contributed by atoms with van der Waals surface area (Å²) in [5.74, 6) is -31.7. The van der Waals surface area contributed by atoms with E-state index < -0.39 is 36.0 Å². The van der Waals surface area contributed by atoms with E-state index in [4.69, 9.17) is 5.11 Å². The van der Waals surface area contributed by atoms with E-state index in [1.54, 1.807) is 0 Å². The number of rotatable bonds is 0. The fourth-order valence-electron chi connectivity index (χ4n) is 1.16. The molecule has 1 saturated carbocycles. The molecule has 18 heavy (non-hydrogen) atoms. The lowest BCUT2D eigenvalue weighted by Crippen LogP contribution is -2.73. The van der Waals surface area contributed by atoms with Crippen LogP contribution in [0.15, 0.2) is 0 Å². The Hall–Kier alpha value is -0.740. The van der Waals surface area contributed by atoms with Gasteiger partial charge in [0.15, 0.2) is 0 Å². The minimum Gasteiger partial charge on any atom is -0.400 e. The van der Waals surface area contributed by atoms with Gasteiger partial charge in [0.05, 0.1) is 6.42 Å². The maximum atomic E-state index is 12.3. The van der Waals surface area contributed by atoms with Crippen LogP contribution in [-0.4, -0.2) is 41.8 Å². The highest BCUT2D eigenvalue weighted by atomic mass is 19.4. The molecule has 0 aromatic heterocycles. The van der Waals surface area contributed by atoms with Crippen LogP contribution in [0.25, 0.3) is 0 Å². The zero-order valence-electron chi connectivity index (χ0n) is 8.43. The Labute approximate surface area is 93.4 Å². The number of aliphatic hydroxyl groups is 1. The average molecular weight is 296 g/mol. The molecule has 0 saturated heterocycles. The number of aliphatic hydroxyl groups excluding tert-OH is 1. The monoisotopic (exact) mass is 296 g/mol. The van der Waals surface area contributed by atoms with Crippen LogP contribution in [0.3, 0.4) is 0 Å². The normalized spacial score (nSPS) is 30.0. The molecule has 1 aliphatic carbocycles. The molecule has 11 heteroatoms. The van der Waals surface area contributed by atoms with Crippen molar-refractivity contribution in [3.05, 3.63) is 0 Å². The first-order valence-electron chi connectivity index (χ1n) is 4.04. The highest BCUT2D eigenvalue weighted by molar-refractivity contribution is 5.15. The molecule has 0 heterocycles. The van der Waals surface area contributed by atoms with Crippen molar-refractivity contribution in [2.75, 3.05) is 7.11 Å². The Bertz CT molecular complexity index is 281. The summed E-state index contributed by atoms with van der Waals surface area (Å²) in [5, 5.41) is 7.00. The molecule has 1 fully saturated rings. The van der Waals surface area contributed by atoms with Crippen LogP contribution < -0.4 is 0 Å². The molecule has 1 nitrogen and oxygen atoms in total. The molecule has 0 unspecified atom stereocenters. The first-order valence-corrected chi connectivity index (χ1v) is 4.04. The zero-order chi connectivity index (χ0) is 15.2. The number of alkyl halides is 10. The maximum Gasteiger partial charge on any atom is 0.384 e. The molecule has 0 atom stereocenters. The van der Waals surface area contributed by atoms with Gasteiger partial charge in [0, 0.05) is 7.11 Å². The van der Waals surface area contributed by atoms with Crippen molar-refractivity contribution in [2.45, 2.75) is 36.0 Å². The van der Waals surface area contributed by atoms with Crippen molar-refractivity contribution in [3.63, 3.8) is 0 Å². The summed E-state index contributed by atoms with van der Waals surface area (Å²) in [6.07, 6.45) is -3.34. The topological polar surface area (TPSA) is 20.2 Å². The van der Waals surface area contributed by atoms with E-state index in [0.717, 1.165) is 7.11 Å². The molecule has 0 aromatic rings. The third kappa shape index (κ3) is 1.82. The van der Waals surface area contributed by atoms with Gasteiger partial charge in [-0.15, -0.1) is 0 Å². The lowest BCUT2D eigenvalue weighted by molar-refractivity contribution is -0.443. The molecule has 0 aromatic carbocycles. The van der Waals surface area contributed by atoms with E-state index in [1.165, 1.54) is 0 Å². The van der Waals surface area contributed by atoms with Gasteiger partial charge in [0.25, 0.3) is 0 Å². The predicted octanol–water partition coefficient (Wildman–Crippen LogP) is 3.18. The maximum absolute atomic E-state index is 12.3. The Morgan fingerprint density at radius 2 is 0.778 bits per heavy atom. The summed E-state index contributed by atoms with van der Waals surface area (Å²) in [6.45, 7) is 0. The van der Waals surface area contributed by atoms with Crippen molar-refractivity contribution in [2.24, 2.45) is 0 Å². The SMILES string of the molecule is CO.FC1(F)CC(F)(F)C(F)(F)C(F)(F)C1(F)F. The Morgan fingerprint density at radius 1 is 0.556 bits per heavy atom. The molecule has 0 amide bonds. The van der Waals surface area contributed by atoms with E-state index in [1.807, 2.05) is 0 Å². The Balaban J connectivity index is 0.00000137. The second-order valence-electron chi connectivity index (χ2n) is 3.31. The van der Waals surface area contributed by atoms with Gasteiger partial charge in [-0.1, -0.05) is 0 Å². The highest BCUT2D eigenvalue weighted by Gasteiger charge is 2.91. The van der Waals surface area contributed by atoms with Crippen molar-refractivity contribution in [1.82, 2.24) is 0 Å². The fourth-order valence-corrected chi connectivity index (χ4v) is 1.16. The zero-order valence-corrected chi connectivity index (χ0v) is 8.43. The van der Waals surface area contributed by atoms with E-state index in [9.17, 15) is 43.9 Å². The lowest BCUT2D eigenvalue weighted by atomic mass is 9.83. The molecule has 110 valence electrons. The van der Waals surface area contributed by atoms with Gasteiger partial charge in [-0.2, -0.15) is 43.9 Å². The van der Waals surface area contributed by atoms with E-state index in [-0.39, 0.29) is 0 Å². The fraction of sp³-hybridized carbons (Fsp3) is 1.00. The summed E-state index contributed by atoms with van der Waals surface area (Å²) in [5.41, 5.74) is 0. The number of hydrogen-bond acceptors (Lipinski definition) is 1. The van der Waals surface area contributed by atoms with E-state index in [0.29, 0.717) is 0 Å². The molecule has 1 aliphatic rings. The highest BCUT2D eigenvalue weighted by Crippen LogP contribution is 2.64. The van der Waals surface area contributed by atoms with E-state index in [2.05, 4.69) is 0 Å². The Morgan fingerprint density at radius 3 is 1.00 bits per heavy atom. The molecule has 1 rings (SSSR count). The third-order valence-corrected chi connectivity index (χ3v) is 2.15. The number of hydrogen-bond donors (Lipinski definition) is 1. The van der Waals surface area contributed by atoms with Gasteiger partial charge in [-0.05, 0) is 0 Å². The van der Waals surface area contributed by atoms with Crippen molar-refractivity contribution < 1.29 is 49.0 Å². The summed E-state index contributed by atoms with van der Waals surface area (Å²) in [4.78, 5) is 0. The molecular formula is C7H6F10O. The van der Waals surface area contributed by atoms with Gasteiger partial charge >= 0.3 is 29.6 Å². The van der Waals surface area contributed by atoms with Crippen LogP contribution in [-0.2, 0) is 0 Å². The van der Waals surface area contributed by atoms with Crippen molar-refractivity contribution in [3.8, 4) is 0 Å².